The molecule has 0 unspecified atom stereocenters. The summed E-state index contributed by atoms with van der Waals surface area (Å²) in [5.74, 6) is 0.0879. The molecule has 0 aliphatic rings. The summed E-state index contributed by atoms with van der Waals surface area (Å²) in [6.07, 6.45) is 0.476. The van der Waals surface area contributed by atoms with E-state index < -0.39 is 9.84 Å². The minimum atomic E-state index is -3.20. The predicted octanol–water partition coefficient (Wildman–Crippen LogP) is 1.77. The lowest BCUT2D eigenvalue weighted by molar-refractivity contribution is 0.593. The minimum Gasteiger partial charge on any atom is -0.330 e. The molecule has 0 amide bonds. The maximum Gasteiger partial charge on any atom is 0.178 e. The number of aryl methyl sites for hydroxylation is 1. The van der Waals surface area contributed by atoms with Gasteiger partial charge in [0.1, 0.15) is 0 Å². The lowest BCUT2D eigenvalue weighted by atomic mass is 10.2. The fraction of sp³-hybridized carbons (Fsp3) is 0.400. The lowest BCUT2D eigenvalue weighted by Gasteiger charge is -2.05. The van der Waals surface area contributed by atoms with E-state index in [0.29, 0.717) is 22.9 Å². The van der Waals surface area contributed by atoms with Gasteiger partial charge in [0.2, 0.25) is 0 Å². The summed E-state index contributed by atoms with van der Waals surface area (Å²) in [7, 11) is -3.20. The Morgan fingerprint density at radius 3 is 2.60 bits per heavy atom. The second-order valence-electron chi connectivity index (χ2n) is 3.37. The van der Waals surface area contributed by atoms with Crippen LogP contribution >= 0.6 is 11.6 Å². The maximum absolute atomic E-state index is 11.8. The number of sulfone groups is 1. The van der Waals surface area contributed by atoms with E-state index in [1.54, 1.807) is 19.1 Å². The number of halogens is 1. The summed E-state index contributed by atoms with van der Waals surface area (Å²) >= 11 is 5.82. The van der Waals surface area contributed by atoms with Crippen molar-refractivity contribution in [1.82, 2.24) is 0 Å². The second-order valence-corrected chi connectivity index (χ2v) is 5.89. The van der Waals surface area contributed by atoms with Crippen molar-refractivity contribution in [3.63, 3.8) is 0 Å². The van der Waals surface area contributed by atoms with E-state index >= 15 is 0 Å². The summed E-state index contributed by atoms with van der Waals surface area (Å²) in [5.41, 5.74) is 6.05. The molecule has 0 bridgehead atoms. The van der Waals surface area contributed by atoms with Crippen LogP contribution in [-0.4, -0.2) is 20.7 Å². The summed E-state index contributed by atoms with van der Waals surface area (Å²) in [4.78, 5) is 0.317. The first-order valence-electron chi connectivity index (χ1n) is 4.66. The highest BCUT2D eigenvalue weighted by atomic mass is 35.5. The summed E-state index contributed by atoms with van der Waals surface area (Å²) in [6, 6.07) is 4.72. The Kier molecular flexibility index (Phi) is 4.13. The van der Waals surface area contributed by atoms with Crippen LogP contribution in [0.5, 0.6) is 0 Å². The predicted molar refractivity (Wildman–Crippen MR) is 61.9 cm³/mol. The van der Waals surface area contributed by atoms with Crippen molar-refractivity contribution in [2.75, 3.05) is 12.3 Å². The van der Waals surface area contributed by atoms with Crippen LogP contribution < -0.4 is 5.73 Å². The van der Waals surface area contributed by atoms with E-state index in [1.165, 1.54) is 6.07 Å². The Labute approximate surface area is 95.2 Å². The SMILES string of the molecule is Cc1cc(S(=O)(=O)CCCN)ccc1Cl. The highest BCUT2D eigenvalue weighted by Gasteiger charge is 2.14. The van der Waals surface area contributed by atoms with Gasteiger partial charge in [0.15, 0.2) is 9.84 Å². The van der Waals surface area contributed by atoms with Gasteiger partial charge in [-0.05, 0) is 43.7 Å². The Morgan fingerprint density at radius 1 is 1.40 bits per heavy atom. The van der Waals surface area contributed by atoms with E-state index in [0.717, 1.165) is 5.56 Å². The molecule has 0 aliphatic heterocycles. The normalized spacial score (nSPS) is 11.7. The fourth-order valence-electron chi connectivity index (χ4n) is 1.20. The van der Waals surface area contributed by atoms with Crippen LogP contribution in [0.15, 0.2) is 23.1 Å². The Hall–Kier alpha value is -0.580. The quantitative estimate of drug-likeness (QED) is 0.882. The van der Waals surface area contributed by atoms with Crippen molar-refractivity contribution >= 4 is 21.4 Å². The Bertz CT molecular complexity index is 443. The zero-order chi connectivity index (χ0) is 11.5. The van der Waals surface area contributed by atoms with Gasteiger partial charge >= 0.3 is 0 Å². The first kappa shape index (κ1) is 12.5. The molecule has 1 aromatic rings. The van der Waals surface area contributed by atoms with Crippen molar-refractivity contribution < 1.29 is 8.42 Å². The van der Waals surface area contributed by atoms with Crippen molar-refractivity contribution in [2.24, 2.45) is 5.73 Å². The smallest absolute Gasteiger partial charge is 0.178 e. The number of benzene rings is 1. The maximum atomic E-state index is 11.8. The Morgan fingerprint density at radius 2 is 2.07 bits per heavy atom. The molecule has 15 heavy (non-hydrogen) atoms. The average molecular weight is 248 g/mol. The minimum absolute atomic E-state index is 0.0879. The molecule has 0 aromatic heterocycles. The molecule has 0 aliphatic carbocycles. The molecule has 0 heterocycles. The topological polar surface area (TPSA) is 60.2 Å². The third kappa shape index (κ3) is 3.19. The molecular formula is C10H14ClNO2S. The van der Waals surface area contributed by atoms with E-state index in [2.05, 4.69) is 0 Å². The molecule has 0 spiro atoms. The van der Waals surface area contributed by atoms with Gasteiger partial charge in [0.05, 0.1) is 10.6 Å². The standard InChI is InChI=1S/C10H14ClNO2S/c1-8-7-9(3-4-10(8)11)15(13,14)6-2-5-12/h3-4,7H,2,5-6,12H2,1H3. The largest absolute Gasteiger partial charge is 0.330 e. The molecular weight excluding hydrogens is 234 g/mol. The van der Waals surface area contributed by atoms with Crippen molar-refractivity contribution in [2.45, 2.75) is 18.2 Å². The molecule has 2 N–H and O–H groups in total. The highest BCUT2D eigenvalue weighted by molar-refractivity contribution is 7.91. The molecule has 0 saturated carbocycles. The van der Waals surface area contributed by atoms with Gasteiger partial charge in [-0.25, -0.2) is 8.42 Å². The molecule has 0 atom stereocenters. The van der Waals surface area contributed by atoms with Gasteiger partial charge in [-0.1, -0.05) is 11.6 Å². The van der Waals surface area contributed by atoms with E-state index in [9.17, 15) is 8.42 Å². The lowest BCUT2D eigenvalue weighted by Crippen LogP contribution is -2.11. The molecule has 3 nitrogen and oxygen atoms in total. The van der Waals surface area contributed by atoms with E-state index in [1.807, 2.05) is 0 Å². The van der Waals surface area contributed by atoms with Crippen LogP contribution in [0.3, 0.4) is 0 Å². The van der Waals surface area contributed by atoms with Gasteiger partial charge in [-0.15, -0.1) is 0 Å². The zero-order valence-electron chi connectivity index (χ0n) is 8.53. The van der Waals surface area contributed by atoms with Gasteiger partial charge in [-0.3, -0.25) is 0 Å². The molecule has 0 fully saturated rings. The highest BCUT2D eigenvalue weighted by Crippen LogP contribution is 2.20. The van der Waals surface area contributed by atoms with Crippen LogP contribution in [-0.2, 0) is 9.84 Å². The third-order valence-electron chi connectivity index (χ3n) is 2.11. The first-order chi connectivity index (χ1) is 6.97. The number of rotatable bonds is 4. The summed E-state index contributed by atoms with van der Waals surface area (Å²) < 4.78 is 23.5. The van der Waals surface area contributed by atoms with Crippen LogP contribution in [0, 0.1) is 6.92 Å². The van der Waals surface area contributed by atoms with E-state index in [-0.39, 0.29) is 5.75 Å². The van der Waals surface area contributed by atoms with Gasteiger partial charge < -0.3 is 5.73 Å². The molecule has 0 saturated heterocycles. The molecule has 1 rings (SSSR count). The second kappa shape index (κ2) is 4.96. The van der Waals surface area contributed by atoms with Gasteiger partial charge in [-0.2, -0.15) is 0 Å². The van der Waals surface area contributed by atoms with E-state index in [4.69, 9.17) is 17.3 Å². The number of hydrogen-bond acceptors (Lipinski definition) is 3. The van der Waals surface area contributed by atoms with Crippen LogP contribution in [0.1, 0.15) is 12.0 Å². The van der Waals surface area contributed by atoms with Gasteiger partial charge in [0, 0.05) is 5.02 Å². The molecule has 0 radical (unpaired) electrons. The van der Waals surface area contributed by atoms with Gasteiger partial charge in [0.25, 0.3) is 0 Å². The molecule has 5 heteroatoms. The van der Waals surface area contributed by atoms with Crippen molar-refractivity contribution in [3.8, 4) is 0 Å². The Balaban J connectivity index is 3.00. The number of hydrogen-bond donors (Lipinski definition) is 1. The molecule has 84 valence electrons. The average Bonchev–Trinajstić information content (AvgIpc) is 2.19. The summed E-state index contributed by atoms with van der Waals surface area (Å²) in [6.45, 7) is 2.16. The number of nitrogens with two attached hydrogens (primary N) is 1. The monoisotopic (exact) mass is 247 g/mol. The third-order valence-corrected chi connectivity index (χ3v) is 4.33. The van der Waals surface area contributed by atoms with Crippen LogP contribution in [0.2, 0.25) is 5.02 Å². The van der Waals surface area contributed by atoms with Crippen molar-refractivity contribution in [3.05, 3.63) is 28.8 Å². The zero-order valence-corrected chi connectivity index (χ0v) is 10.1. The van der Waals surface area contributed by atoms with Crippen molar-refractivity contribution in [1.29, 1.82) is 0 Å². The first-order valence-corrected chi connectivity index (χ1v) is 6.69. The summed E-state index contributed by atoms with van der Waals surface area (Å²) in [5, 5.41) is 0.577. The van der Waals surface area contributed by atoms with Crippen LogP contribution in [0.25, 0.3) is 0 Å². The fourth-order valence-corrected chi connectivity index (χ4v) is 2.73. The van der Waals surface area contributed by atoms with Crippen LogP contribution in [0.4, 0.5) is 0 Å². The molecule has 1 aromatic carbocycles.